The highest BCUT2D eigenvalue weighted by Gasteiger charge is 2.10. The molecule has 0 fully saturated rings. The van der Waals surface area contributed by atoms with Crippen molar-refractivity contribution < 1.29 is 13.9 Å². The van der Waals surface area contributed by atoms with E-state index < -0.39 is 0 Å². The number of benzene rings is 1. The fraction of sp³-hybridized carbons (Fsp3) is 0.400. The van der Waals surface area contributed by atoms with Gasteiger partial charge in [-0.3, -0.25) is 4.79 Å². The standard InChI is InChI=1S/C15H19N3O3/c1-11(2)15-18-17-14(21-15)10-16-13(19)8-9-20-12-6-4-3-5-7-12/h3-7,11H,8-10H2,1-2H3,(H,16,19). The predicted octanol–water partition coefficient (Wildman–Crippen LogP) is 2.28. The summed E-state index contributed by atoms with van der Waals surface area (Å²) in [7, 11) is 0. The normalized spacial score (nSPS) is 10.6. The average Bonchev–Trinajstić information content (AvgIpc) is 2.95. The second-order valence-corrected chi connectivity index (χ2v) is 4.88. The molecule has 6 nitrogen and oxygen atoms in total. The first kappa shape index (κ1) is 15.0. The van der Waals surface area contributed by atoms with E-state index >= 15 is 0 Å². The number of rotatable bonds is 7. The van der Waals surface area contributed by atoms with Crippen molar-refractivity contribution in [3.05, 3.63) is 42.1 Å². The van der Waals surface area contributed by atoms with E-state index in [0.29, 0.717) is 18.4 Å². The summed E-state index contributed by atoms with van der Waals surface area (Å²) in [5.74, 6) is 1.81. The van der Waals surface area contributed by atoms with Gasteiger partial charge >= 0.3 is 0 Å². The van der Waals surface area contributed by atoms with Crippen molar-refractivity contribution in [3.63, 3.8) is 0 Å². The van der Waals surface area contributed by atoms with E-state index in [0.717, 1.165) is 5.75 Å². The summed E-state index contributed by atoms with van der Waals surface area (Å²) in [6, 6.07) is 9.39. The first-order valence-electron chi connectivity index (χ1n) is 6.92. The number of hydrogen-bond acceptors (Lipinski definition) is 5. The first-order valence-corrected chi connectivity index (χ1v) is 6.92. The third-order valence-corrected chi connectivity index (χ3v) is 2.75. The SMILES string of the molecule is CC(C)c1nnc(CNC(=O)CCOc2ccccc2)o1. The Bertz CT molecular complexity index is 567. The molecule has 6 heteroatoms. The molecule has 0 aliphatic rings. The van der Waals surface area contributed by atoms with Gasteiger partial charge in [0, 0.05) is 5.92 Å². The number of para-hydroxylation sites is 1. The molecule has 0 bridgehead atoms. The summed E-state index contributed by atoms with van der Waals surface area (Å²) in [6.45, 7) is 4.51. The summed E-state index contributed by atoms with van der Waals surface area (Å²) >= 11 is 0. The molecule has 0 spiro atoms. The third-order valence-electron chi connectivity index (χ3n) is 2.75. The van der Waals surface area contributed by atoms with Crippen LogP contribution in [0.15, 0.2) is 34.7 Å². The van der Waals surface area contributed by atoms with Crippen molar-refractivity contribution in [1.29, 1.82) is 0 Å². The minimum atomic E-state index is -0.116. The Balaban J connectivity index is 1.67. The number of aromatic nitrogens is 2. The van der Waals surface area contributed by atoms with Gasteiger partial charge in [-0.15, -0.1) is 10.2 Å². The molecule has 0 aliphatic heterocycles. The van der Waals surface area contributed by atoms with Crippen LogP contribution in [-0.2, 0) is 11.3 Å². The van der Waals surface area contributed by atoms with Crippen molar-refractivity contribution in [3.8, 4) is 5.75 Å². The van der Waals surface area contributed by atoms with Crippen LogP contribution in [0.2, 0.25) is 0 Å². The molecule has 0 saturated carbocycles. The number of hydrogen-bond donors (Lipinski definition) is 1. The van der Waals surface area contributed by atoms with E-state index in [9.17, 15) is 4.79 Å². The smallest absolute Gasteiger partial charge is 0.235 e. The van der Waals surface area contributed by atoms with Crippen LogP contribution in [0.1, 0.15) is 38.0 Å². The number of nitrogens with zero attached hydrogens (tertiary/aromatic N) is 2. The molecule has 0 unspecified atom stereocenters. The number of ether oxygens (including phenoxy) is 1. The van der Waals surface area contributed by atoms with Crippen LogP contribution in [0.3, 0.4) is 0 Å². The molecule has 0 saturated heterocycles. The summed E-state index contributed by atoms with van der Waals surface area (Å²) in [5, 5.41) is 10.5. The Morgan fingerprint density at radius 1 is 1.29 bits per heavy atom. The highest BCUT2D eigenvalue weighted by molar-refractivity contribution is 5.75. The molecule has 1 aromatic heterocycles. The third kappa shape index (κ3) is 4.91. The molecule has 0 atom stereocenters. The second kappa shape index (κ2) is 7.42. The van der Waals surface area contributed by atoms with Crippen LogP contribution in [0.5, 0.6) is 5.75 Å². The molecule has 21 heavy (non-hydrogen) atoms. The minimum absolute atomic E-state index is 0.116. The number of carbonyl (C=O) groups excluding carboxylic acids is 1. The average molecular weight is 289 g/mol. The monoisotopic (exact) mass is 289 g/mol. The lowest BCUT2D eigenvalue weighted by Gasteiger charge is -2.05. The van der Waals surface area contributed by atoms with Gasteiger partial charge < -0.3 is 14.5 Å². The minimum Gasteiger partial charge on any atom is -0.493 e. The van der Waals surface area contributed by atoms with Gasteiger partial charge in [-0.05, 0) is 12.1 Å². The Morgan fingerprint density at radius 3 is 2.71 bits per heavy atom. The molecule has 1 N–H and O–H groups in total. The van der Waals surface area contributed by atoms with Gasteiger partial charge in [-0.2, -0.15) is 0 Å². The molecule has 1 amide bonds. The highest BCUT2D eigenvalue weighted by Crippen LogP contribution is 2.11. The van der Waals surface area contributed by atoms with E-state index in [1.165, 1.54) is 0 Å². The maximum Gasteiger partial charge on any atom is 0.235 e. The van der Waals surface area contributed by atoms with Gasteiger partial charge in [0.1, 0.15) is 5.75 Å². The van der Waals surface area contributed by atoms with Crippen molar-refractivity contribution in [2.45, 2.75) is 32.7 Å². The number of amides is 1. The van der Waals surface area contributed by atoms with E-state index in [1.807, 2.05) is 44.2 Å². The molecular formula is C15H19N3O3. The quantitative estimate of drug-likeness (QED) is 0.846. The van der Waals surface area contributed by atoms with Crippen LogP contribution in [-0.4, -0.2) is 22.7 Å². The van der Waals surface area contributed by atoms with Crippen molar-refractivity contribution in [2.75, 3.05) is 6.61 Å². The zero-order valence-electron chi connectivity index (χ0n) is 12.2. The van der Waals surface area contributed by atoms with E-state index in [4.69, 9.17) is 9.15 Å². The van der Waals surface area contributed by atoms with Crippen molar-refractivity contribution >= 4 is 5.91 Å². The van der Waals surface area contributed by atoms with E-state index in [2.05, 4.69) is 15.5 Å². The van der Waals surface area contributed by atoms with Gasteiger partial charge in [0.25, 0.3) is 0 Å². The van der Waals surface area contributed by atoms with Gasteiger partial charge in [-0.1, -0.05) is 32.0 Å². The van der Waals surface area contributed by atoms with Gasteiger partial charge in [0.2, 0.25) is 17.7 Å². The summed E-state index contributed by atoms with van der Waals surface area (Å²) in [6.07, 6.45) is 0.278. The Kier molecular flexibility index (Phi) is 5.31. The van der Waals surface area contributed by atoms with Crippen LogP contribution in [0, 0.1) is 0 Å². The highest BCUT2D eigenvalue weighted by atomic mass is 16.5. The summed E-state index contributed by atoms with van der Waals surface area (Å²) in [4.78, 5) is 11.7. The topological polar surface area (TPSA) is 77.2 Å². The molecule has 1 aromatic carbocycles. The van der Waals surface area contributed by atoms with E-state index in [-0.39, 0.29) is 24.8 Å². The zero-order chi connectivity index (χ0) is 15.1. The largest absolute Gasteiger partial charge is 0.493 e. The second-order valence-electron chi connectivity index (χ2n) is 4.88. The molecule has 2 aromatic rings. The lowest BCUT2D eigenvalue weighted by molar-refractivity contribution is -0.121. The molecular weight excluding hydrogens is 270 g/mol. The lowest BCUT2D eigenvalue weighted by atomic mass is 10.2. The van der Waals surface area contributed by atoms with Crippen LogP contribution in [0.25, 0.3) is 0 Å². The summed E-state index contributed by atoms with van der Waals surface area (Å²) in [5.41, 5.74) is 0. The predicted molar refractivity (Wildman–Crippen MR) is 76.8 cm³/mol. The zero-order valence-corrected chi connectivity index (χ0v) is 12.2. The molecule has 0 aliphatic carbocycles. The maximum atomic E-state index is 11.7. The lowest BCUT2D eigenvalue weighted by Crippen LogP contribution is -2.24. The number of carbonyl (C=O) groups is 1. The summed E-state index contributed by atoms with van der Waals surface area (Å²) < 4.78 is 10.9. The van der Waals surface area contributed by atoms with Crippen molar-refractivity contribution in [2.24, 2.45) is 0 Å². The fourth-order valence-corrected chi connectivity index (χ4v) is 1.61. The van der Waals surface area contributed by atoms with Crippen LogP contribution in [0.4, 0.5) is 0 Å². The van der Waals surface area contributed by atoms with Crippen LogP contribution < -0.4 is 10.1 Å². The van der Waals surface area contributed by atoms with Crippen molar-refractivity contribution in [1.82, 2.24) is 15.5 Å². The molecule has 2 rings (SSSR count). The molecule has 0 radical (unpaired) electrons. The molecule has 1 heterocycles. The van der Waals surface area contributed by atoms with Crippen LogP contribution >= 0.6 is 0 Å². The maximum absolute atomic E-state index is 11.7. The molecule has 112 valence electrons. The Hall–Kier alpha value is -2.37. The Morgan fingerprint density at radius 2 is 2.05 bits per heavy atom. The fourth-order valence-electron chi connectivity index (χ4n) is 1.61. The van der Waals surface area contributed by atoms with E-state index in [1.54, 1.807) is 0 Å². The Labute approximate surface area is 123 Å². The van der Waals surface area contributed by atoms with Gasteiger partial charge in [-0.25, -0.2) is 0 Å². The van der Waals surface area contributed by atoms with Gasteiger partial charge in [0.15, 0.2) is 0 Å². The van der Waals surface area contributed by atoms with Gasteiger partial charge in [0.05, 0.1) is 19.6 Å². The number of nitrogens with one attached hydrogen (secondary N) is 1. The first-order chi connectivity index (χ1) is 10.1.